The van der Waals surface area contributed by atoms with E-state index in [-0.39, 0.29) is 11.1 Å². The number of rotatable bonds is 8. The number of aliphatic hydroxyl groups is 1. The van der Waals surface area contributed by atoms with Crippen molar-refractivity contribution in [3.63, 3.8) is 0 Å². The first-order valence-electron chi connectivity index (χ1n) is 10.6. The van der Waals surface area contributed by atoms with Crippen molar-refractivity contribution in [1.29, 1.82) is 0 Å². The van der Waals surface area contributed by atoms with Crippen molar-refractivity contribution in [3.8, 4) is 0 Å². The second-order valence-electron chi connectivity index (χ2n) is 11.1. The number of hydrogen-bond donors (Lipinski definition) is 1. The highest BCUT2D eigenvalue weighted by atomic mass is 28.4. The van der Waals surface area contributed by atoms with Gasteiger partial charge in [-0.25, -0.2) is 0 Å². The predicted molar refractivity (Wildman–Crippen MR) is 118 cm³/mol. The standard InChI is InChI=1S/C21H46O3Si2/c1-16(2)26(17(3)4,18(5)6)24-19-12-13-21(22,14-19)15-23-25(10,11)20(7,8)9/h16-19,22H,12-15H2,1-11H3. The summed E-state index contributed by atoms with van der Waals surface area (Å²) in [7, 11) is -3.72. The third-order valence-corrected chi connectivity index (χ3v) is 17.8. The van der Waals surface area contributed by atoms with Crippen molar-refractivity contribution in [3.05, 3.63) is 0 Å². The van der Waals surface area contributed by atoms with Crippen LogP contribution in [0.1, 0.15) is 81.6 Å². The van der Waals surface area contributed by atoms with Gasteiger partial charge in [-0.05, 0) is 47.6 Å². The van der Waals surface area contributed by atoms with Crippen LogP contribution in [0.3, 0.4) is 0 Å². The second kappa shape index (κ2) is 8.36. The quantitative estimate of drug-likeness (QED) is 0.472. The summed E-state index contributed by atoms with van der Waals surface area (Å²) in [5.41, 5.74) is 1.03. The first kappa shape index (κ1) is 24.4. The molecule has 3 nitrogen and oxygen atoms in total. The molecule has 1 aliphatic carbocycles. The van der Waals surface area contributed by atoms with E-state index >= 15 is 0 Å². The van der Waals surface area contributed by atoms with Gasteiger partial charge in [0.25, 0.3) is 0 Å². The molecule has 0 aromatic carbocycles. The van der Waals surface area contributed by atoms with Crippen LogP contribution >= 0.6 is 0 Å². The summed E-state index contributed by atoms with van der Waals surface area (Å²) in [5, 5.41) is 11.3. The largest absolute Gasteiger partial charge is 0.414 e. The van der Waals surface area contributed by atoms with E-state index in [0.29, 0.717) is 23.2 Å². The zero-order chi connectivity index (χ0) is 20.6. The number of hydrogen-bond acceptors (Lipinski definition) is 3. The van der Waals surface area contributed by atoms with E-state index in [1.54, 1.807) is 0 Å². The molecule has 0 aliphatic heterocycles. The lowest BCUT2D eigenvalue weighted by Crippen LogP contribution is -2.50. The minimum Gasteiger partial charge on any atom is -0.414 e. The first-order valence-corrected chi connectivity index (χ1v) is 15.7. The molecule has 5 heteroatoms. The molecule has 1 fully saturated rings. The maximum absolute atomic E-state index is 11.1. The van der Waals surface area contributed by atoms with Gasteiger partial charge >= 0.3 is 0 Å². The summed E-state index contributed by atoms with van der Waals surface area (Å²) in [5.74, 6) is 0. The fourth-order valence-electron chi connectivity index (χ4n) is 4.52. The van der Waals surface area contributed by atoms with Gasteiger partial charge in [-0.3, -0.25) is 0 Å². The van der Waals surface area contributed by atoms with E-state index in [0.717, 1.165) is 19.3 Å². The summed E-state index contributed by atoms with van der Waals surface area (Å²) in [4.78, 5) is 0. The van der Waals surface area contributed by atoms with Gasteiger partial charge in [0.05, 0.1) is 12.2 Å². The Balaban J connectivity index is 2.81. The minimum atomic E-state index is -1.89. The summed E-state index contributed by atoms with van der Waals surface area (Å²) in [6, 6.07) is 0. The Hall–Kier alpha value is 0.314. The lowest BCUT2D eigenvalue weighted by Gasteiger charge is -2.44. The normalized spacial score (nSPS) is 25.7. The minimum absolute atomic E-state index is 0.173. The van der Waals surface area contributed by atoms with Gasteiger partial charge < -0.3 is 14.0 Å². The van der Waals surface area contributed by atoms with Crippen LogP contribution in [0.2, 0.25) is 34.8 Å². The third kappa shape index (κ3) is 5.22. The highest BCUT2D eigenvalue weighted by molar-refractivity contribution is 6.77. The SMILES string of the molecule is CC(C)[Si](OC1CCC(O)(CO[Si](C)(C)C(C)(C)C)C1)(C(C)C)C(C)C. The molecule has 0 aromatic heterocycles. The molecule has 1 N–H and O–H groups in total. The fourth-order valence-corrected chi connectivity index (χ4v) is 11.2. The maximum Gasteiger partial charge on any atom is 0.200 e. The lowest BCUT2D eigenvalue weighted by molar-refractivity contribution is -0.0123. The monoisotopic (exact) mass is 402 g/mol. The van der Waals surface area contributed by atoms with E-state index in [2.05, 4.69) is 75.4 Å². The van der Waals surface area contributed by atoms with Gasteiger partial charge in [-0.15, -0.1) is 0 Å². The molecular weight excluding hydrogens is 356 g/mol. The Morgan fingerprint density at radius 1 is 1.00 bits per heavy atom. The predicted octanol–water partition coefficient (Wildman–Crippen LogP) is 6.48. The average molecular weight is 403 g/mol. The molecule has 0 spiro atoms. The molecule has 156 valence electrons. The molecule has 2 unspecified atom stereocenters. The highest BCUT2D eigenvalue weighted by Crippen LogP contribution is 2.46. The Morgan fingerprint density at radius 3 is 1.85 bits per heavy atom. The van der Waals surface area contributed by atoms with Crippen LogP contribution in [-0.2, 0) is 8.85 Å². The van der Waals surface area contributed by atoms with Crippen molar-refractivity contribution in [2.24, 2.45) is 0 Å². The van der Waals surface area contributed by atoms with E-state index < -0.39 is 22.2 Å². The molecular formula is C21H46O3Si2. The Labute approximate surface area is 165 Å². The van der Waals surface area contributed by atoms with E-state index in [9.17, 15) is 5.11 Å². The average Bonchev–Trinajstić information content (AvgIpc) is 2.82. The molecule has 1 saturated carbocycles. The third-order valence-electron chi connectivity index (χ3n) is 7.13. The van der Waals surface area contributed by atoms with Crippen LogP contribution in [0.4, 0.5) is 0 Å². The zero-order valence-electron chi connectivity index (χ0n) is 19.4. The summed E-state index contributed by atoms with van der Waals surface area (Å²) >= 11 is 0. The van der Waals surface area contributed by atoms with Gasteiger partial charge in [0.15, 0.2) is 8.32 Å². The molecule has 0 amide bonds. The van der Waals surface area contributed by atoms with Crippen LogP contribution in [0, 0.1) is 0 Å². The second-order valence-corrected chi connectivity index (χ2v) is 21.3. The highest BCUT2D eigenvalue weighted by Gasteiger charge is 2.50. The Kier molecular flexibility index (Phi) is 7.83. The fraction of sp³-hybridized carbons (Fsp3) is 1.00. The zero-order valence-corrected chi connectivity index (χ0v) is 21.4. The van der Waals surface area contributed by atoms with E-state index in [4.69, 9.17) is 8.85 Å². The summed E-state index contributed by atoms with van der Waals surface area (Å²) < 4.78 is 13.3. The van der Waals surface area contributed by atoms with E-state index in [1.165, 1.54) is 0 Å². The van der Waals surface area contributed by atoms with Crippen molar-refractivity contribution in [1.82, 2.24) is 0 Å². The summed E-state index contributed by atoms with van der Waals surface area (Å²) in [6.45, 7) is 25.7. The molecule has 1 rings (SSSR count). The van der Waals surface area contributed by atoms with Gasteiger partial charge in [0.1, 0.15) is 0 Å². The Morgan fingerprint density at radius 2 is 1.46 bits per heavy atom. The molecule has 0 saturated heterocycles. The Bertz CT molecular complexity index is 433. The molecule has 1 aliphatic rings. The smallest absolute Gasteiger partial charge is 0.200 e. The molecule has 26 heavy (non-hydrogen) atoms. The maximum atomic E-state index is 11.1. The van der Waals surface area contributed by atoms with E-state index in [1.807, 2.05) is 0 Å². The lowest BCUT2D eigenvalue weighted by atomic mass is 10.0. The van der Waals surface area contributed by atoms with Crippen LogP contribution in [-0.4, -0.2) is 40.1 Å². The molecule has 0 radical (unpaired) electrons. The van der Waals surface area contributed by atoms with Crippen molar-refractivity contribution >= 4 is 16.6 Å². The first-order chi connectivity index (χ1) is 11.6. The van der Waals surface area contributed by atoms with Gasteiger partial charge in [-0.2, -0.15) is 0 Å². The van der Waals surface area contributed by atoms with Gasteiger partial charge in [-0.1, -0.05) is 62.3 Å². The van der Waals surface area contributed by atoms with Crippen LogP contribution in [0.25, 0.3) is 0 Å². The van der Waals surface area contributed by atoms with Crippen molar-refractivity contribution in [2.45, 2.75) is 128 Å². The molecule has 0 bridgehead atoms. The molecule has 0 aromatic rings. The topological polar surface area (TPSA) is 38.7 Å². The van der Waals surface area contributed by atoms with Crippen LogP contribution in [0.5, 0.6) is 0 Å². The van der Waals surface area contributed by atoms with Crippen LogP contribution in [0.15, 0.2) is 0 Å². The van der Waals surface area contributed by atoms with Crippen molar-refractivity contribution < 1.29 is 14.0 Å². The van der Waals surface area contributed by atoms with Crippen LogP contribution < -0.4 is 0 Å². The van der Waals surface area contributed by atoms with Gasteiger partial charge in [0.2, 0.25) is 8.32 Å². The van der Waals surface area contributed by atoms with Crippen molar-refractivity contribution in [2.75, 3.05) is 6.61 Å². The molecule has 2 atom stereocenters. The molecule has 0 heterocycles. The van der Waals surface area contributed by atoms with Gasteiger partial charge in [0, 0.05) is 12.5 Å². The summed E-state index contributed by atoms with van der Waals surface area (Å²) in [6.07, 6.45) is 2.66.